The lowest BCUT2D eigenvalue weighted by molar-refractivity contribution is -0.123. The number of hydrogen-bond acceptors (Lipinski definition) is 4. The van der Waals surface area contributed by atoms with Gasteiger partial charge in [0.2, 0.25) is 5.91 Å². The standard InChI is InChI=1S/C21H31N3O4/c1-20(2,3)18(26)22-16-9-7-8-15(14-16)17(25)23-10-12-24(13-11-23)19(27)28-21(4,5)6/h7-9,14H,10-13H2,1-6H3,(H,22,26). The molecule has 1 heterocycles. The first-order valence-corrected chi connectivity index (χ1v) is 9.55. The largest absolute Gasteiger partial charge is 0.444 e. The van der Waals surface area contributed by atoms with E-state index in [0.717, 1.165) is 0 Å². The van der Waals surface area contributed by atoms with Crippen LogP contribution < -0.4 is 5.32 Å². The number of piperazine rings is 1. The summed E-state index contributed by atoms with van der Waals surface area (Å²) in [5.74, 6) is -0.223. The van der Waals surface area contributed by atoms with Gasteiger partial charge in [-0.15, -0.1) is 0 Å². The zero-order chi connectivity index (χ0) is 21.1. The molecule has 1 aliphatic rings. The highest BCUT2D eigenvalue weighted by Crippen LogP contribution is 2.19. The number of amides is 3. The molecule has 0 aliphatic carbocycles. The summed E-state index contributed by atoms with van der Waals surface area (Å²) in [7, 11) is 0. The van der Waals surface area contributed by atoms with Crippen LogP contribution in [0.5, 0.6) is 0 Å². The Morgan fingerprint density at radius 1 is 0.929 bits per heavy atom. The Balaban J connectivity index is 1.97. The Kier molecular flexibility index (Phi) is 6.37. The maximum Gasteiger partial charge on any atom is 0.410 e. The van der Waals surface area contributed by atoms with Gasteiger partial charge >= 0.3 is 6.09 Å². The first-order chi connectivity index (χ1) is 12.9. The van der Waals surface area contributed by atoms with Gasteiger partial charge in [0.25, 0.3) is 5.91 Å². The van der Waals surface area contributed by atoms with Crippen LogP contribution in [0.25, 0.3) is 0 Å². The van der Waals surface area contributed by atoms with Crippen molar-refractivity contribution in [1.29, 1.82) is 0 Å². The molecule has 1 aliphatic heterocycles. The lowest BCUT2D eigenvalue weighted by Crippen LogP contribution is -2.51. The molecule has 0 atom stereocenters. The molecule has 0 saturated carbocycles. The highest BCUT2D eigenvalue weighted by atomic mass is 16.6. The lowest BCUT2D eigenvalue weighted by Gasteiger charge is -2.35. The van der Waals surface area contributed by atoms with Crippen LogP contribution in [-0.4, -0.2) is 59.5 Å². The summed E-state index contributed by atoms with van der Waals surface area (Å²) in [5, 5.41) is 2.84. The number of anilines is 1. The van der Waals surface area contributed by atoms with E-state index < -0.39 is 11.0 Å². The monoisotopic (exact) mass is 389 g/mol. The molecule has 7 nitrogen and oxygen atoms in total. The van der Waals surface area contributed by atoms with Crippen molar-refractivity contribution < 1.29 is 19.1 Å². The quantitative estimate of drug-likeness (QED) is 0.841. The molecule has 2 rings (SSSR count). The average Bonchev–Trinajstić information content (AvgIpc) is 2.59. The zero-order valence-electron chi connectivity index (χ0n) is 17.7. The van der Waals surface area contributed by atoms with Crippen LogP contribution >= 0.6 is 0 Å². The minimum atomic E-state index is -0.540. The number of benzene rings is 1. The summed E-state index contributed by atoms with van der Waals surface area (Å²) < 4.78 is 5.38. The smallest absolute Gasteiger partial charge is 0.410 e. The van der Waals surface area contributed by atoms with E-state index in [-0.39, 0.29) is 17.9 Å². The third-order valence-electron chi connectivity index (χ3n) is 4.27. The highest BCUT2D eigenvalue weighted by molar-refractivity contribution is 5.98. The summed E-state index contributed by atoms with van der Waals surface area (Å²) in [6.07, 6.45) is -0.355. The van der Waals surface area contributed by atoms with Crippen LogP contribution in [-0.2, 0) is 9.53 Å². The van der Waals surface area contributed by atoms with E-state index in [1.165, 1.54) is 0 Å². The van der Waals surface area contributed by atoms with Crippen molar-refractivity contribution in [3.63, 3.8) is 0 Å². The summed E-state index contributed by atoms with van der Waals surface area (Å²) in [6.45, 7) is 12.7. The molecule has 1 fully saturated rings. The second-order valence-electron chi connectivity index (χ2n) is 9.04. The summed E-state index contributed by atoms with van der Waals surface area (Å²) in [4.78, 5) is 40.5. The van der Waals surface area contributed by atoms with Crippen molar-refractivity contribution in [2.75, 3.05) is 31.5 Å². The van der Waals surface area contributed by atoms with E-state index in [2.05, 4.69) is 5.32 Å². The summed E-state index contributed by atoms with van der Waals surface area (Å²) in [6, 6.07) is 6.94. The van der Waals surface area contributed by atoms with E-state index in [0.29, 0.717) is 37.4 Å². The van der Waals surface area contributed by atoms with E-state index in [4.69, 9.17) is 4.74 Å². The van der Waals surface area contributed by atoms with Gasteiger partial charge in [-0.2, -0.15) is 0 Å². The summed E-state index contributed by atoms with van der Waals surface area (Å²) in [5.41, 5.74) is 0.0514. The predicted octanol–water partition coefficient (Wildman–Crippen LogP) is 3.36. The molecule has 154 valence electrons. The second-order valence-corrected chi connectivity index (χ2v) is 9.04. The first-order valence-electron chi connectivity index (χ1n) is 9.55. The van der Waals surface area contributed by atoms with Crippen LogP contribution in [0.3, 0.4) is 0 Å². The molecular weight excluding hydrogens is 358 g/mol. The van der Waals surface area contributed by atoms with Crippen molar-refractivity contribution in [2.45, 2.75) is 47.1 Å². The molecule has 0 radical (unpaired) electrons. The minimum Gasteiger partial charge on any atom is -0.444 e. The number of hydrogen-bond donors (Lipinski definition) is 1. The van der Waals surface area contributed by atoms with Crippen LogP contribution in [0.2, 0.25) is 0 Å². The van der Waals surface area contributed by atoms with Crippen molar-refractivity contribution in [1.82, 2.24) is 9.80 Å². The SMILES string of the molecule is CC(C)(C)OC(=O)N1CCN(C(=O)c2cccc(NC(=O)C(C)(C)C)c2)CC1. The van der Waals surface area contributed by atoms with Gasteiger partial charge in [0.05, 0.1) is 0 Å². The van der Waals surface area contributed by atoms with Crippen molar-refractivity contribution in [2.24, 2.45) is 5.41 Å². The number of carbonyl (C=O) groups is 3. The fourth-order valence-electron chi connectivity index (χ4n) is 2.65. The van der Waals surface area contributed by atoms with Crippen LogP contribution in [0.4, 0.5) is 10.5 Å². The van der Waals surface area contributed by atoms with E-state index in [1.54, 1.807) is 34.1 Å². The molecule has 3 amide bonds. The van der Waals surface area contributed by atoms with Crippen molar-refractivity contribution >= 4 is 23.6 Å². The van der Waals surface area contributed by atoms with Crippen LogP contribution in [0, 0.1) is 5.41 Å². The molecule has 1 saturated heterocycles. The molecule has 28 heavy (non-hydrogen) atoms. The maximum atomic E-state index is 12.8. The number of carbonyl (C=O) groups excluding carboxylic acids is 3. The normalized spacial score (nSPS) is 15.2. The maximum absolute atomic E-state index is 12.8. The molecule has 0 bridgehead atoms. The molecular formula is C21H31N3O4. The third kappa shape index (κ3) is 5.97. The zero-order valence-corrected chi connectivity index (χ0v) is 17.7. The van der Waals surface area contributed by atoms with Gasteiger partial charge in [-0.05, 0) is 39.0 Å². The topological polar surface area (TPSA) is 79.0 Å². The molecule has 1 N–H and O–H groups in total. The van der Waals surface area contributed by atoms with E-state index >= 15 is 0 Å². The number of rotatable bonds is 2. The van der Waals surface area contributed by atoms with Gasteiger partial charge in [0, 0.05) is 42.8 Å². The van der Waals surface area contributed by atoms with Gasteiger partial charge < -0.3 is 19.9 Å². The molecule has 0 unspecified atom stereocenters. The van der Waals surface area contributed by atoms with Gasteiger partial charge in [0.1, 0.15) is 5.60 Å². The predicted molar refractivity (Wildman–Crippen MR) is 108 cm³/mol. The Labute approximate surface area is 167 Å². The van der Waals surface area contributed by atoms with Gasteiger partial charge in [-0.3, -0.25) is 9.59 Å². The van der Waals surface area contributed by atoms with Crippen LogP contribution in [0.15, 0.2) is 24.3 Å². The van der Waals surface area contributed by atoms with Crippen molar-refractivity contribution in [3.05, 3.63) is 29.8 Å². The minimum absolute atomic E-state index is 0.108. The number of ether oxygens (including phenoxy) is 1. The fourth-order valence-corrected chi connectivity index (χ4v) is 2.65. The van der Waals surface area contributed by atoms with Crippen LogP contribution in [0.1, 0.15) is 51.9 Å². The Hall–Kier alpha value is -2.57. The number of nitrogens with zero attached hydrogens (tertiary/aromatic N) is 2. The lowest BCUT2D eigenvalue weighted by atomic mass is 9.95. The average molecular weight is 389 g/mol. The number of nitrogens with one attached hydrogen (secondary N) is 1. The summed E-state index contributed by atoms with van der Waals surface area (Å²) >= 11 is 0. The second kappa shape index (κ2) is 8.20. The molecule has 1 aromatic carbocycles. The Morgan fingerprint density at radius 2 is 1.50 bits per heavy atom. The van der Waals surface area contributed by atoms with Gasteiger partial charge in [-0.25, -0.2) is 4.79 Å². The highest BCUT2D eigenvalue weighted by Gasteiger charge is 2.28. The Bertz CT molecular complexity index is 739. The van der Waals surface area contributed by atoms with Gasteiger partial charge in [-0.1, -0.05) is 26.8 Å². The van der Waals surface area contributed by atoms with Crippen molar-refractivity contribution in [3.8, 4) is 0 Å². The molecule has 7 heteroatoms. The first kappa shape index (κ1) is 21.7. The molecule has 0 aromatic heterocycles. The Morgan fingerprint density at radius 3 is 2.04 bits per heavy atom. The molecule has 1 aromatic rings. The van der Waals surface area contributed by atoms with E-state index in [1.807, 2.05) is 41.5 Å². The fraction of sp³-hybridized carbons (Fsp3) is 0.571. The van der Waals surface area contributed by atoms with Gasteiger partial charge in [0.15, 0.2) is 0 Å². The molecule has 0 spiro atoms. The van der Waals surface area contributed by atoms with E-state index in [9.17, 15) is 14.4 Å². The third-order valence-corrected chi connectivity index (χ3v) is 4.27.